The van der Waals surface area contributed by atoms with Crippen LogP contribution < -0.4 is 5.32 Å². The van der Waals surface area contributed by atoms with Crippen LogP contribution in [0.5, 0.6) is 0 Å². The molecule has 3 heterocycles. The molecule has 0 unspecified atom stereocenters. The smallest absolute Gasteiger partial charge is 0.339 e. The Morgan fingerprint density at radius 3 is 2.42 bits per heavy atom. The number of benzene rings is 2. The number of rotatable bonds is 7. The molecule has 0 saturated carbocycles. The van der Waals surface area contributed by atoms with Gasteiger partial charge < -0.3 is 4.74 Å². The first-order valence-electron chi connectivity index (χ1n) is 11.1. The average Bonchev–Trinajstić information content (AvgIpc) is 3.59. The van der Waals surface area contributed by atoms with E-state index in [0.29, 0.717) is 28.1 Å². The zero-order chi connectivity index (χ0) is 24.9. The molecular formula is C27H20N4O4S. The van der Waals surface area contributed by atoms with E-state index in [9.17, 15) is 14.4 Å². The van der Waals surface area contributed by atoms with Crippen LogP contribution in [0.25, 0.3) is 22.3 Å². The minimum Gasteiger partial charge on any atom is -0.452 e. The highest BCUT2D eigenvalue weighted by Crippen LogP contribution is 2.26. The van der Waals surface area contributed by atoms with Crippen molar-refractivity contribution in [2.24, 2.45) is 0 Å². The summed E-state index contributed by atoms with van der Waals surface area (Å²) in [7, 11) is 0. The number of aromatic nitrogens is 3. The Balaban J connectivity index is 1.42. The predicted molar refractivity (Wildman–Crippen MR) is 136 cm³/mol. The SMILES string of the molecule is O=C(COC(=O)c1cc(-c2ccccc2)nc2c1cnn2Cc1ccccc1)NC(=O)c1cccs1. The number of ether oxygens (including phenoxy) is 1. The van der Waals surface area contributed by atoms with Crippen molar-refractivity contribution in [3.8, 4) is 11.3 Å². The van der Waals surface area contributed by atoms with Gasteiger partial charge in [-0.15, -0.1) is 11.3 Å². The first kappa shape index (κ1) is 23.1. The Bertz CT molecular complexity index is 1530. The Hall–Kier alpha value is -4.63. The number of nitrogens with zero attached hydrogens (tertiary/aromatic N) is 3. The molecule has 8 nitrogen and oxygen atoms in total. The Morgan fingerprint density at radius 1 is 0.944 bits per heavy atom. The molecule has 0 radical (unpaired) electrons. The summed E-state index contributed by atoms with van der Waals surface area (Å²) in [6.07, 6.45) is 1.57. The number of imide groups is 1. The number of hydrogen-bond acceptors (Lipinski definition) is 7. The summed E-state index contributed by atoms with van der Waals surface area (Å²) in [6.45, 7) is -0.129. The number of hydrogen-bond donors (Lipinski definition) is 1. The number of amides is 2. The van der Waals surface area contributed by atoms with Crippen LogP contribution in [-0.4, -0.2) is 39.2 Å². The maximum Gasteiger partial charge on any atom is 0.339 e. The van der Waals surface area contributed by atoms with Crippen LogP contribution in [0.4, 0.5) is 0 Å². The third kappa shape index (κ3) is 5.06. The maximum absolute atomic E-state index is 13.1. The number of carbonyl (C=O) groups is 3. The molecule has 0 aliphatic rings. The molecule has 0 fully saturated rings. The number of esters is 1. The van der Waals surface area contributed by atoms with Gasteiger partial charge in [-0.25, -0.2) is 14.5 Å². The van der Waals surface area contributed by atoms with Crippen LogP contribution >= 0.6 is 11.3 Å². The molecule has 1 N–H and O–H groups in total. The van der Waals surface area contributed by atoms with Gasteiger partial charge in [0.05, 0.1) is 34.3 Å². The lowest BCUT2D eigenvalue weighted by atomic mass is 10.1. The van der Waals surface area contributed by atoms with Crippen molar-refractivity contribution in [1.82, 2.24) is 20.1 Å². The third-order valence-electron chi connectivity index (χ3n) is 5.41. The van der Waals surface area contributed by atoms with Crippen LogP contribution in [-0.2, 0) is 16.1 Å². The van der Waals surface area contributed by atoms with E-state index in [1.807, 2.05) is 60.7 Å². The maximum atomic E-state index is 13.1. The summed E-state index contributed by atoms with van der Waals surface area (Å²) in [4.78, 5) is 42.5. The minimum atomic E-state index is -0.713. The predicted octanol–water partition coefficient (Wildman–Crippen LogP) is 4.32. The van der Waals surface area contributed by atoms with Gasteiger partial charge in [0.25, 0.3) is 11.8 Å². The minimum absolute atomic E-state index is 0.232. The normalized spacial score (nSPS) is 10.8. The second kappa shape index (κ2) is 10.3. The van der Waals surface area contributed by atoms with E-state index in [-0.39, 0.29) is 5.56 Å². The molecule has 3 aromatic heterocycles. The summed E-state index contributed by atoms with van der Waals surface area (Å²) in [6, 6.07) is 24.2. The van der Waals surface area contributed by atoms with E-state index in [4.69, 9.17) is 9.72 Å². The van der Waals surface area contributed by atoms with Crippen LogP contribution in [0.1, 0.15) is 25.6 Å². The standard InChI is InChI=1S/C27H20N4O4S/c32-24(30-26(33)23-12-7-13-36-23)17-35-27(34)20-14-22(19-10-5-2-6-11-19)29-25-21(20)15-28-31(25)16-18-8-3-1-4-9-18/h1-15H,16-17H2,(H,30,32,33). The van der Waals surface area contributed by atoms with E-state index < -0.39 is 24.4 Å². The molecule has 0 aliphatic heterocycles. The van der Waals surface area contributed by atoms with Gasteiger partial charge >= 0.3 is 5.97 Å². The summed E-state index contributed by atoms with van der Waals surface area (Å²) in [5.74, 6) is -1.96. The van der Waals surface area contributed by atoms with Gasteiger partial charge in [0.1, 0.15) is 0 Å². The van der Waals surface area contributed by atoms with Crippen LogP contribution in [0, 0.1) is 0 Å². The molecule has 178 valence electrons. The zero-order valence-corrected chi connectivity index (χ0v) is 19.8. The van der Waals surface area contributed by atoms with Crippen LogP contribution in [0.15, 0.2) is 90.4 Å². The van der Waals surface area contributed by atoms with Gasteiger partial charge in [-0.3, -0.25) is 14.9 Å². The number of thiophene rings is 1. The second-order valence-electron chi connectivity index (χ2n) is 7.88. The van der Waals surface area contributed by atoms with Gasteiger partial charge in [-0.2, -0.15) is 5.10 Å². The summed E-state index contributed by atoms with van der Waals surface area (Å²) in [5, 5.41) is 8.91. The molecule has 0 aliphatic carbocycles. The number of fused-ring (bicyclic) bond motifs is 1. The van der Waals surface area contributed by atoms with E-state index in [0.717, 1.165) is 11.1 Å². The molecule has 2 amide bonds. The van der Waals surface area contributed by atoms with E-state index in [1.54, 1.807) is 34.5 Å². The summed E-state index contributed by atoms with van der Waals surface area (Å²) in [5.41, 5.74) is 3.17. The molecular weight excluding hydrogens is 476 g/mol. The Labute approximate surface area is 210 Å². The average molecular weight is 497 g/mol. The molecule has 0 bridgehead atoms. The van der Waals surface area contributed by atoms with Gasteiger partial charge in [-0.05, 0) is 23.1 Å². The fraction of sp³-hybridized carbons (Fsp3) is 0.0741. The quantitative estimate of drug-likeness (QED) is 0.337. The van der Waals surface area contributed by atoms with Crippen LogP contribution in [0.2, 0.25) is 0 Å². The highest BCUT2D eigenvalue weighted by molar-refractivity contribution is 7.12. The van der Waals surface area contributed by atoms with Crippen molar-refractivity contribution in [3.05, 3.63) is 106 Å². The molecule has 5 aromatic rings. The number of pyridine rings is 1. The zero-order valence-electron chi connectivity index (χ0n) is 19.0. The van der Waals surface area contributed by atoms with Crippen molar-refractivity contribution in [2.75, 3.05) is 6.61 Å². The Morgan fingerprint density at radius 2 is 1.69 bits per heavy atom. The largest absolute Gasteiger partial charge is 0.452 e. The lowest BCUT2D eigenvalue weighted by molar-refractivity contribution is -0.123. The fourth-order valence-corrected chi connectivity index (χ4v) is 4.31. The van der Waals surface area contributed by atoms with E-state index >= 15 is 0 Å². The van der Waals surface area contributed by atoms with Gasteiger partial charge in [0.15, 0.2) is 12.3 Å². The second-order valence-corrected chi connectivity index (χ2v) is 8.82. The van der Waals surface area contributed by atoms with Crippen molar-refractivity contribution in [1.29, 1.82) is 0 Å². The highest BCUT2D eigenvalue weighted by Gasteiger charge is 2.20. The van der Waals surface area contributed by atoms with Crippen LogP contribution in [0.3, 0.4) is 0 Å². The first-order valence-corrected chi connectivity index (χ1v) is 12.0. The third-order valence-corrected chi connectivity index (χ3v) is 6.27. The first-order chi connectivity index (χ1) is 17.6. The van der Waals surface area contributed by atoms with Crippen molar-refractivity contribution in [3.63, 3.8) is 0 Å². The fourth-order valence-electron chi connectivity index (χ4n) is 3.69. The lowest BCUT2D eigenvalue weighted by Gasteiger charge is -2.10. The molecule has 5 rings (SSSR count). The summed E-state index contributed by atoms with van der Waals surface area (Å²) < 4.78 is 6.99. The highest BCUT2D eigenvalue weighted by atomic mass is 32.1. The summed E-state index contributed by atoms with van der Waals surface area (Å²) >= 11 is 1.21. The van der Waals surface area contributed by atoms with E-state index in [2.05, 4.69) is 10.4 Å². The topological polar surface area (TPSA) is 103 Å². The van der Waals surface area contributed by atoms with Gasteiger partial charge in [0, 0.05) is 5.56 Å². The molecule has 9 heteroatoms. The van der Waals surface area contributed by atoms with Gasteiger partial charge in [-0.1, -0.05) is 66.7 Å². The number of nitrogens with one attached hydrogen (secondary N) is 1. The molecule has 2 aromatic carbocycles. The Kier molecular flexibility index (Phi) is 6.63. The molecule has 0 spiro atoms. The molecule has 0 atom stereocenters. The van der Waals surface area contributed by atoms with E-state index in [1.165, 1.54) is 11.3 Å². The monoisotopic (exact) mass is 496 g/mol. The van der Waals surface area contributed by atoms with Crippen molar-refractivity contribution < 1.29 is 19.1 Å². The number of carbonyl (C=O) groups excluding carboxylic acids is 3. The van der Waals surface area contributed by atoms with Crippen molar-refractivity contribution in [2.45, 2.75) is 6.54 Å². The molecule has 0 saturated heterocycles. The van der Waals surface area contributed by atoms with Gasteiger partial charge in [0.2, 0.25) is 0 Å². The lowest BCUT2D eigenvalue weighted by Crippen LogP contribution is -2.33. The van der Waals surface area contributed by atoms with Crippen molar-refractivity contribution >= 4 is 40.2 Å². The molecule has 36 heavy (non-hydrogen) atoms.